The fraction of sp³-hybridized carbons (Fsp3) is 0.611. The molecular weight excluding hydrogens is 289 g/mol. The summed E-state index contributed by atoms with van der Waals surface area (Å²) in [5, 5.41) is 3.01. The van der Waals surface area contributed by atoms with Crippen LogP contribution in [0.25, 0.3) is 0 Å². The second kappa shape index (κ2) is 6.29. The number of nitrogens with one attached hydrogen (secondary N) is 1. The summed E-state index contributed by atoms with van der Waals surface area (Å²) in [4.78, 5) is 11.8. The van der Waals surface area contributed by atoms with E-state index >= 15 is 0 Å². The molecule has 0 aromatic heterocycles. The first kappa shape index (κ1) is 18.0. The summed E-state index contributed by atoms with van der Waals surface area (Å²) in [6, 6.07) is 8.04. The Kier molecular flexibility index (Phi) is 4.93. The summed E-state index contributed by atoms with van der Waals surface area (Å²) in [7, 11) is -0.352. The van der Waals surface area contributed by atoms with Gasteiger partial charge in [-0.3, -0.25) is 4.79 Å². The van der Waals surface area contributed by atoms with Crippen molar-refractivity contribution >= 4 is 18.5 Å². The van der Waals surface area contributed by atoms with Crippen LogP contribution in [0, 0.1) is 5.92 Å². The maximum absolute atomic E-state index is 11.8. The van der Waals surface area contributed by atoms with E-state index in [-0.39, 0.29) is 36.2 Å². The zero-order valence-electron chi connectivity index (χ0n) is 15.3. The maximum Gasteiger partial charge on any atom is 0.494 e. The standard InChI is InChI=1S/C18H28BNO3/c1-12(2)16(21)20-13(3)14-8-10-15(11-9-14)19-22-17(4,5)18(6,7)23-19/h8-13H,1-7H3,(H,20,21). The van der Waals surface area contributed by atoms with Gasteiger partial charge in [-0.15, -0.1) is 0 Å². The van der Waals surface area contributed by atoms with Gasteiger partial charge in [-0.05, 0) is 45.6 Å². The second-order valence-corrected chi connectivity index (χ2v) is 7.64. The first-order valence-corrected chi connectivity index (χ1v) is 8.29. The molecule has 1 aromatic carbocycles. The van der Waals surface area contributed by atoms with Crippen molar-refractivity contribution in [1.29, 1.82) is 0 Å². The number of amides is 1. The van der Waals surface area contributed by atoms with Gasteiger partial charge < -0.3 is 14.6 Å². The van der Waals surface area contributed by atoms with Crippen molar-refractivity contribution in [3.63, 3.8) is 0 Å². The topological polar surface area (TPSA) is 47.6 Å². The van der Waals surface area contributed by atoms with E-state index in [9.17, 15) is 4.79 Å². The summed E-state index contributed by atoms with van der Waals surface area (Å²) in [5.74, 6) is 0.0500. The van der Waals surface area contributed by atoms with Crippen LogP contribution in [0.4, 0.5) is 0 Å². The molecule has 1 amide bonds. The van der Waals surface area contributed by atoms with Gasteiger partial charge in [0.2, 0.25) is 5.91 Å². The predicted octanol–water partition coefficient (Wildman–Crippen LogP) is 2.82. The number of benzene rings is 1. The van der Waals surface area contributed by atoms with Crippen molar-refractivity contribution in [2.45, 2.75) is 65.7 Å². The highest BCUT2D eigenvalue weighted by molar-refractivity contribution is 6.62. The zero-order chi connectivity index (χ0) is 17.4. The third kappa shape index (κ3) is 3.78. The van der Waals surface area contributed by atoms with Crippen molar-refractivity contribution in [3.05, 3.63) is 29.8 Å². The number of carbonyl (C=O) groups is 1. The lowest BCUT2D eigenvalue weighted by Gasteiger charge is -2.32. The molecule has 23 heavy (non-hydrogen) atoms. The monoisotopic (exact) mass is 317 g/mol. The minimum Gasteiger partial charge on any atom is -0.399 e. The van der Waals surface area contributed by atoms with E-state index in [4.69, 9.17) is 9.31 Å². The Balaban J connectivity index is 2.07. The summed E-state index contributed by atoms with van der Waals surface area (Å²) < 4.78 is 12.1. The highest BCUT2D eigenvalue weighted by Crippen LogP contribution is 2.36. The summed E-state index contributed by atoms with van der Waals surface area (Å²) >= 11 is 0. The van der Waals surface area contributed by atoms with Crippen molar-refractivity contribution in [2.24, 2.45) is 5.92 Å². The van der Waals surface area contributed by atoms with Gasteiger partial charge in [0, 0.05) is 5.92 Å². The SMILES string of the molecule is CC(C)C(=O)NC(C)c1ccc(B2OC(C)(C)C(C)(C)O2)cc1. The van der Waals surface area contributed by atoms with E-state index in [2.05, 4.69) is 5.32 Å². The second-order valence-electron chi connectivity index (χ2n) is 7.64. The van der Waals surface area contributed by atoms with Crippen molar-refractivity contribution in [2.75, 3.05) is 0 Å². The lowest BCUT2D eigenvalue weighted by molar-refractivity contribution is -0.124. The van der Waals surface area contributed by atoms with Crippen LogP contribution in [-0.2, 0) is 14.1 Å². The van der Waals surface area contributed by atoms with E-state index in [1.54, 1.807) is 0 Å². The van der Waals surface area contributed by atoms with Crippen LogP contribution in [-0.4, -0.2) is 24.2 Å². The van der Waals surface area contributed by atoms with E-state index in [0.717, 1.165) is 11.0 Å². The predicted molar refractivity (Wildman–Crippen MR) is 93.6 cm³/mol. The molecule has 1 N–H and O–H groups in total. The molecular formula is C18H28BNO3. The molecule has 2 rings (SSSR count). The van der Waals surface area contributed by atoms with E-state index < -0.39 is 0 Å². The van der Waals surface area contributed by atoms with Gasteiger partial charge >= 0.3 is 7.12 Å². The average Bonchev–Trinajstić information content (AvgIpc) is 2.67. The van der Waals surface area contributed by atoms with Gasteiger partial charge in [0.15, 0.2) is 0 Å². The number of carbonyl (C=O) groups excluding carboxylic acids is 1. The Labute approximate surface area is 140 Å². The van der Waals surface area contributed by atoms with E-state index in [1.165, 1.54) is 0 Å². The molecule has 1 aliphatic rings. The Hall–Kier alpha value is -1.33. The van der Waals surface area contributed by atoms with Crippen molar-refractivity contribution in [1.82, 2.24) is 5.32 Å². The van der Waals surface area contributed by atoms with E-state index in [0.29, 0.717) is 0 Å². The molecule has 1 fully saturated rings. The lowest BCUT2D eigenvalue weighted by atomic mass is 9.78. The van der Waals surface area contributed by atoms with Gasteiger partial charge in [0.05, 0.1) is 17.2 Å². The maximum atomic E-state index is 11.8. The first-order valence-electron chi connectivity index (χ1n) is 8.29. The van der Waals surface area contributed by atoms with Crippen LogP contribution in [0.1, 0.15) is 60.1 Å². The molecule has 1 aliphatic heterocycles. The molecule has 0 bridgehead atoms. The molecule has 1 aromatic rings. The van der Waals surface area contributed by atoms with Crippen molar-refractivity contribution < 1.29 is 14.1 Å². The summed E-state index contributed by atoms with van der Waals surface area (Å²) in [5.41, 5.74) is 1.39. The molecule has 1 heterocycles. The minimum absolute atomic E-state index is 0.0125. The molecule has 126 valence electrons. The van der Waals surface area contributed by atoms with Crippen LogP contribution < -0.4 is 10.8 Å². The molecule has 0 aliphatic carbocycles. The Morgan fingerprint density at radius 1 is 1.00 bits per heavy atom. The Morgan fingerprint density at radius 2 is 1.48 bits per heavy atom. The third-order valence-corrected chi connectivity index (χ3v) is 4.85. The third-order valence-electron chi connectivity index (χ3n) is 4.85. The summed E-state index contributed by atoms with van der Waals surface area (Å²) in [6.07, 6.45) is 0. The Morgan fingerprint density at radius 3 is 1.91 bits per heavy atom. The molecule has 4 nitrogen and oxygen atoms in total. The highest BCUT2D eigenvalue weighted by atomic mass is 16.7. The molecule has 1 atom stereocenters. The number of rotatable bonds is 4. The first-order chi connectivity index (χ1) is 10.5. The molecule has 1 unspecified atom stereocenters. The molecule has 0 saturated carbocycles. The highest BCUT2D eigenvalue weighted by Gasteiger charge is 2.51. The largest absolute Gasteiger partial charge is 0.494 e. The molecule has 1 saturated heterocycles. The van der Waals surface area contributed by atoms with E-state index in [1.807, 2.05) is 72.7 Å². The van der Waals surface area contributed by atoms with Gasteiger partial charge in [-0.25, -0.2) is 0 Å². The number of hydrogen-bond donors (Lipinski definition) is 1. The molecule has 5 heteroatoms. The van der Waals surface area contributed by atoms with Crippen LogP contribution in [0.5, 0.6) is 0 Å². The van der Waals surface area contributed by atoms with Crippen molar-refractivity contribution in [3.8, 4) is 0 Å². The smallest absolute Gasteiger partial charge is 0.399 e. The average molecular weight is 317 g/mol. The molecule has 0 spiro atoms. The van der Waals surface area contributed by atoms with Crippen LogP contribution in [0.3, 0.4) is 0 Å². The van der Waals surface area contributed by atoms with Gasteiger partial charge in [-0.1, -0.05) is 38.1 Å². The normalized spacial score (nSPS) is 20.6. The lowest BCUT2D eigenvalue weighted by Crippen LogP contribution is -2.41. The minimum atomic E-state index is -0.352. The zero-order valence-corrected chi connectivity index (χ0v) is 15.3. The van der Waals surface area contributed by atoms with Gasteiger partial charge in [0.25, 0.3) is 0 Å². The van der Waals surface area contributed by atoms with Crippen LogP contribution in [0.2, 0.25) is 0 Å². The fourth-order valence-corrected chi connectivity index (χ4v) is 2.38. The van der Waals surface area contributed by atoms with Gasteiger partial charge in [0.1, 0.15) is 0 Å². The van der Waals surface area contributed by atoms with Crippen LogP contribution >= 0.6 is 0 Å². The molecule has 0 radical (unpaired) electrons. The summed E-state index contributed by atoms with van der Waals surface area (Å²) in [6.45, 7) is 14.0. The fourth-order valence-electron chi connectivity index (χ4n) is 2.38. The van der Waals surface area contributed by atoms with Crippen LogP contribution in [0.15, 0.2) is 24.3 Å². The number of hydrogen-bond acceptors (Lipinski definition) is 3. The Bertz CT molecular complexity index is 550. The van der Waals surface area contributed by atoms with Gasteiger partial charge in [-0.2, -0.15) is 0 Å². The quantitative estimate of drug-likeness (QED) is 0.869.